The zero-order valence-corrected chi connectivity index (χ0v) is 19.2. The van der Waals surface area contributed by atoms with Crippen LogP contribution in [-0.4, -0.2) is 52.8 Å². The van der Waals surface area contributed by atoms with Crippen molar-refractivity contribution in [1.29, 1.82) is 0 Å². The first-order chi connectivity index (χ1) is 15.7. The van der Waals surface area contributed by atoms with Crippen molar-refractivity contribution in [1.82, 2.24) is 19.9 Å². The number of rotatable bonds is 11. The van der Waals surface area contributed by atoms with E-state index in [1.54, 1.807) is 18.9 Å². The third-order valence-electron chi connectivity index (χ3n) is 5.35. The van der Waals surface area contributed by atoms with Crippen LogP contribution in [0.2, 0.25) is 0 Å². The number of benzene rings is 2. The molecule has 4 aromatic rings. The number of H-pyrrole nitrogens is 1. The molecule has 2 heterocycles. The standard InChI is InChI=1S/C24H28N4O3S/c1-30-14-13-28-12-10-17-21(28)8-5-9-22(17)31-16-23(29)25-20(11-15-32-2)24-26-18-6-3-4-7-19(18)27-24/h3-10,12,20H,11,13-16H2,1-2H3,(H,25,29)(H,26,27)/t20-/m1/s1. The number of carbonyl (C=O) groups is 1. The van der Waals surface area contributed by atoms with Crippen LogP contribution in [-0.2, 0) is 16.1 Å². The van der Waals surface area contributed by atoms with Gasteiger partial charge in [0.05, 0.1) is 29.2 Å². The lowest BCUT2D eigenvalue weighted by Gasteiger charge is -2.17. The molecule has 0 unspecified atom stereocenters. The van der Waals surface area contributed by atoms with E-state index in [0.29, 0.717) is 12.4 Å². The van der Waals surface area contributed by atoms with E-state index in [2.05, 4.69) is 26.1 Å². The zero-order valence-electron chi connectivity index (χ0n) is 18.3. The highest BCUT2D eigenvalue weighted by Gasteiger charge is 2.19. The quantitative estimate of drug-likeness (QED) is 0.357. The first-order valence-electron chi connectivity index (χ1n) is 10.6. The Bertz CT molecular complexity index is 1150. The Hall–Kier alpha value is -2.97. The van der Waals surface area contributed by atoms with Gasteiger partial charge < -0.3 is 24.3 Å². The molecule has 0 fully saturated rings. The van der Waals surface area contributed by atoms with E-state index in [4.69, 9.17) is 9.47 Å². The highest BCUT2D eigenvalue weighted by atomic mass is 32.2. The molecule has 2 aromatic heterocycles. The Balaban J connectivity index is 1.44. The van der Waals surface area contributed by atoms with E-state index in [0.717, 1.165) is 46.5 Å². The van der Waals surface area contributed by atoms with E-state index < -0.39 is 0 Å². The summed E-state index contributed by atoms with van der Waals surface area (Å²) in [5.74, 6) is 2.20. The van der Waals surface area contributed by atoms with Gasteiger partial charge in [-0.2, -0.15) is 11.8 Å². The molecule has 1 amide bonds. The fourth-order valence-electron chi connectivity index (χ4n) is 3.74. The molecule has 0 aliphatic heterocycles. The second-order valence-corrected chi connectivity index (χ2v) is 8.51. The first-order valence-corrected chi connectivity index (χ1v) is 12.0. The summed E-state index contributed by atoms with van der Waals surface area (Å²) in [7, 11) is 1.69. The summed E-state index contributed by atoms with van der Waals surface area (Å²) in [6, 6.07) is 15.6. The molecule has 1 atom stereocenters. The van der Waals surface area contributed by atoms with Crippen LogP contribution in [0.3, 0.4) is 0 Å². The molecule has 7 nitrogen and oxygen atoms in total. The maximum atomic E-state index is 12.8. The average molecular weight is 453 g/mol. The van der Waals surface area contributed by atoms with Crippen LogP contribution in [0.5, 0.6) is 5.75 Å². The lowest BCUT2D eigenvalue weighted by Crippen LogP contribution is -2.33. The van der Waals surface area contributed by atoms with Crippen molar-refractivity contribution in [3.8, 4) is 5.75 Å². The number of aromatic amines is 1. The number of imidazole rings is 1. The predicted molar refractivity (Wildman–Crippen MR) is 129 cm³/mol. The summed E-state index contributed by atoms with van der Waals surface area (Å²) in [6.07, 6.45) is 4.85. The number of para-hydroxylation sites is 2. The number of ether oxygens (including phenoxy) is 2. The molecular formula is C24H28N4O3S. The minimum absolute atomic E-state index is 0.0572. The topological polar surface area (TPSA) is 81.2 Å². The van der Waals surface area contributed by atoms with E-state index >= 15 is 0 Å². The molecular weight excluding hydrogens is 424 g/mol. The molecule has 8 heteroatoms. The Morgan fingerprint density at radius 1 is 1.22 bits per heavy atom. The number of aromatic nitrogens is 3. The third kappa shape index (κ3) is 5.08. The van der Waals surface area contributed by atoms with Gasteiger partial charge in [0.1, 0.15) is 11.6 Å². The van der Waals surface area contributed by atoms with Crippen LogP contribution in [0.4, 0.5) is 0 Å². The SMILES string of the molecule is COCCn1ccc2c(OCC(=O)N[C@H](CCSC)c3nc4ccccc4[nH]3)cccc21. The highest BCUT2D eigenvalue weighted by molar-refractivity contribution is 7.98. The number of amides is 1. The van der Waals surface area contributed by atoms with E-state index in [1.165, 1.54) is 0 Å². The van der Waals surface area contributed by atoms with Gasteiger partial charge in [-0.25, -0.2) is 4.98 Å². The second-order valence-electron chi connectivity index (χ2n) is 7.52. The number of hydrogen-bond acceptors (Lipinski definition) is 5. The van der Waals surface area contributed by atoms with Gasteiger partial charge in [-0.3, -0.25) is 4.79 Å². The fraction of sp³-hybridized carbons (Fsp3) is 0.333. The summed E-state index contributed by atoms with van der Waals surface area (Å²) < 4.78 is 13.2. The number of fused-ring (bicyclic) bond motifs is 2. The van der Waals surface area contributed by atoms with Crippen LogP contribution < -0.4 is 10.1 Å². The smallest absolute Gasteiger partial charge is 0.258 e. The molecule has 0 radical (unpaired) electrons. The number of hydrogen-bond donors (Lipinski definition) is 2. The van der Waals surface area contributed by atoms with Crippen molar-refractivity contribution in [3.63, 3.8) is 0 Å². The molecule has 4 rings (SSSR count). The lowest BCUT2D eigenvalue weighted by molar-refractivity contribution is -0.123. The minimum Gasteiger partial charge on any atom is -0.483 e. The highest BCUT2D eigenvalue weighted by Crippen LogP contribution is 2.27. The molecule has 168 valence electrons. The van der Waals surface area contributed by atoms with Crippen molar-refractivity contribution < 1.29 is 14.3 Å². The summed E-state index contributed by atoms with van der Waals surface area (Å²) >= 11 is 1.74. The van der Waals surface area contributed by atoms with E-state index in [9.17, 15) is 4.79 Å². The van der Waals surface area contributed by atoms with Crippen LogP contribution >= 0.6 is 11.8 Å². The Labute approximate surface area is 191 Å². The average Bonchev–Trinajstić information content (AvgIpc) is 3.43. The zero-order chi connectivity index (χ0) is 22.3. The van der Waals surface area contributed by atoms with Crippen molar-refractivity contribution in [2.45, 2.75) is 19.0 Å². The van der Waals surface area contributed by atoms with Gasteiger partial charge in [-0.05, 0) is 48.8 Å². The molecule has 0 bridgehead atoms. The van der Waals surface area contributed by atoms with Gasteiger partial charge in [-0.15, -0.1) is 0 Å². The molecule has 32 heavy (non-hydrogen) atoms. The van der Waals surface area contributed by atoms with Gasteiger partial charge in [-0.1, -0.05) is 18.2 Å². The van der Waals surface area contributed by atoms with Gasteiger partial charge in [0.15, 0.2) is 6.61 Å². The summed E-state index contributed by atoms with van der Waals surface area (Å²) in [5, 5.41) is 4.07. The van der Waals surface area contributed by atoms with Gasteiger partial charge >= 0.3 is 0 Å². The number of thioether (sulfide) groups is 1. The molecule has 0 aliphatic carbocycles. The maximum absolute atomic E-state index is 12.8. The number of methoxy groups -OCH3 is 1. The molecule has 2 N–H and O–H groups in total. The minimum atomic E-state index is -0.197. The van der Waals surface area contributed by atoms with Gasteiger partial charge in [0, 0.05) is 25.2 Å². The van der Waals surface area contributed by atoms with Crippen LogP contribution in [0, 0.1) is 0 Å². The molecule has 0 saturated heterocycles. The van der Waals surface area contributed by atoms with Crippen molar-refractivity contribution in [3.05, 3.63) is 60.6 Å². The van der Waals surface area contributed by atoms with Crippen LogP contribution in [0.25, 0.3) is 21.9 Å². The maximum Gasteiger partial charge on any atom is 0.258 e. The Morgan fingerprint density at radius 3 is 2.91 bits per heavy atom. The van der Waals surface area contributed by atoms with Crippen LogP contribution in [0.15, 0.2) is 54.7 Å². The number of nitrogens with zero attached hydrogens (tertiary/aromatic N) is 2. The van der Waals surface area contributed by atoms with Gasteiger partial charge in [0.25, 0.3) is 5.91 Å². The Kier molecular flexibility index (Phi) is 7.34. The van der Waals surface area contributed by atoms with Crippen molar-refractivity contribution in [2.24, 2.45) is 0 Å². The summed E-state index contributed by atoms with van der Waals surface area (Å²) in [4.78, 5) is 20.8. The normalized spacial score (nSPS) is 12.3. The second kappa shape index (κ2) is 10.6. The van der Waals surface area contributed by atoms with Crippen molar-refractivity contribution in [2.75, 3.05) is 32.3 Å². The summed E-state index contributed by atoms with van der Waals surface area (Å²) in [6.45, 7) is 1.34. The number of carbonyl (C=O) groups excluding carboxylic acids is 1. The van der Waals surface area contributed by atoms with Gasteiger partial charge in [0.2, 0.25) is 0 Å². The largest absolute Gasteiger partial charge is 0.483 e. The van der Waals surface area contributed by atoms with E-state index in [1.807, 2.05) is 54.7 Å². The first kappa shape index (κ1) is 22.2. The van der Waals surface area contributed by atoms with E-state index in [-0.39, 0.29) is 18.6 Å². The summed E-state index contributed by atoms with van der Waals surface area (Å²) in [5.41, 5.74) is 2.92. The fourth-order valence-corrected chi connectivity index (χ4v) is 4.21. The monoisotopic (exact) mass is 452 g/mol. The molecule has 0 spiro atoms. The Morgan fingerprint density at radius 2 is 2.09 bits per heavy atom. The van der Waals surface area contributed by atoms with Crippen LogP contribution in [0.1, 0.15) is 18.3 Å². The molecule has 2 aromatic carbocycles. The van der Waals surface area contributed by atoms with Crippen molar-refractivity contribution >= 4 is 39.6 Å². The molecule has 0 aliphatic rings. The lowest BCUT2D eigenvalue weighted by atomic mass is 10.2. The molecule has 0 saturated carbocycles. The number of nitrogens with one attached hydrogen (secondary N) is 2. The predicted octanol–water partition coefficient (Wildman–Crippen LogP) is 4.15. The third-order valence-corrected chi connectivity index (χ3v) is 6.00.